The second kappa shape index (κ2) is 9.28. The number of methoxy groups -OCH3 is 1. The molecule has 1 rings (SSSR count). The van der Waals surface area contributed by atoms with E-state index in [4.69, 9.17) is 14.2 Å². The van der Waals surface area contributed by atoms with Gasteiger partial charge in [-0.1, -0.05) is 0 Å². The van der Waals surface area contributed by atoms with Crippen molar-refractivity contribution < 1.29 is 27.4 Å². The van der Waals surface area contributed by atoms with Crippen LogP contribution >= 0.6 is 0 Å². The Kier molecular flexibility index (Phi) is 8.05. The van der Waals surface area contributed by atoms with E-state index in [2.05, 4.69) is 0 Å². The average molecular weight is 309 g/mol. The minimum absolute atomic E-state index is 0.176. The maximum atomic E-state index is 11.5. The van der Waals surface area contributed by atoms with Crippen molar-refractivity contribution >= 4 is 15.8 Å². The average Bonchev–Trinajstić information content (AvgIpc) is 2.41. The summed E-state index contributed by atoms with van der Waals surface area (Å²) in [4.78, 5) is 13.4. The summed E-state index contributed by atoms with van der Waals surface area (Å²) in [7, 11) is -1.27. The first kappa shape index (κ1) is 17.4. The SMILES string of the molecule is COCCOCCOC(=O)CCN1CCS(=O)(=O)CC1. The highest BCUT2D eigenvalue weighted by molar-refractivity contribution is 7.91. The van der Waals surface area contributed by atoms with Gasteiger partial charge in [0.15, 0.2) is 9.84 Å². The smallest absolute Gasteiger partial charge is 0.307 e. The lowest BCUT2D eigenvalue weighted by Crippen LogP contribution is -2.41. The quantitative estimate of drug-likeness (QED) is 0.412. The van der Waals surface area contributed by atoms with Gasteiger partial charge in [-0.2, -0.15) is 0 Å². The number of carbonyl (C=O) groups excluding carboxylic acids is 1. The predicted molar refractivity (Wildman–Crippen MR) is 73.4 cm³/mol. The molecule has 0 amide bonds. The summed E-state index contributed by atoms with van der Waals surface area (Å²) in [6.45, 7) is 3.13. The number of ether oxygens (including phenoxy) is 3. The fraction of sp³-hybridized carbons (Fsp3) is 0.917. The van der Waals surface area contributed by atoms with Gasteiger partial charge in [0.1, 0.15) is 6.61 Å². The molecule has 1 aliphatic heterocycles. The van der Waals surface area contributed by atoms with Gasteiger partial charge >= 0.3 is 5.97 Å². The maximum Gasteiger partial charge on any atom is 0.307 e. The van der Waals surface area contributed by atoms with Gasteiger partial charge in [0.25, 0.3) is 0 Å². The summed E-state index contributed by atoms with van der Waals surface area (Å²) in [5, 5.41) is 0. The monoisotopic (exact) mass is 309 g/mol. The van der Waals surface area contributed by atoms with Crippen molar-refractivity contribution in [1.82, 2.24) is 4.90 Å². The summed E-state index contributed by atoms with van der Waals surface area (Å²) in [6, 6.07) is 0. The summed E-state index contributed by atoms with van der Waals surface area (Å²) in [6.07, 6.45) is 0.276. The molecule has 0 aliphatic carbocycles. The number of esters is 1. The van der Waals surface area contributed by atoms with Gasteiger partial charge in [-0.3, -0.25) is 4.79 Å². The van der Waals surface area contributed by atoms with Crippen molar-refractivity contribution in [3.63, 3.8) is 0 Å². The van der Waals surface area contributed by atoms with E-state index in [-0.39, 0.29) is 30.5 Å². The Morgan fingerprint density at radius 2 is 1.75 bits per heavy atom. The first-order valence-corrected chi connectivity index (χ1v) is 8.51. The van der Waals surface area contributed by atoms with Crippen molar-refractivity contribution in [3.8, 4) is 0 Å². The molecule has 0 aromatic rings. The van der Waals surface area contributed by atoms with Gasteiger partial charge in [0, 0.05) is 26.7 Å². The molecule has 0 bridgehead atoms. The first-order valence-electron chi connectivity index (χ1n) is 6.68. The Balaban J connectivity index is 2.00. The number of nitrogens with zero attached hydrogens (tertiary/aromatic N) is 1. The van der Waals surface area contributed by atoms with Crippen LogP contribution in [-0.2, 0) is 28.8 Å². The number of sulfone groups is 1. The van der Waals surface area contributed by atoms with E-state index in [1.165, 1.54) is 0 Å². The van der Waals surface area contributed by atoms with Gasteiger partial charge in [-0.05, 0) is 0 Å². The van der Waals surface area contributed by atoms with E-state index >= 15 is 0 Å². The van der Waals surface area contributed by atoms with E-state index < -0.39 is 9.84 Å². The standard InChI is InChI=1S/C12H23NO6S/c1-17-6-7-18-8-9-19-12(14)2-3-13-4-10-20(15,16)11-5-13/h2-11H2,1H3. The topological polar surface area (TPSA) is 82.1 Å². The second-order valence-electron chi connectivity index (χ2n) is 4.57. The summed E-state index contributed by atoms with van der Waals surface area (Å²) in [5.74, 6) is 0.0684. The molecule has 1 heterocycles. The Labute approximate surface area is 120 Å². The zero-order valence-electron chi connectivity index (χ0n) is 11.9. The Hall–Kier alpha value is -0.700. The third-order valence-corrected chi connectivity index (χ3v) is 4.60. The van der Waals surface area contributed by atoms with Gasteiger partial charge in [-0.25, -0.2) is 8.42 Å². The molecule has 1 saturated heterocycles. The van der Waals surface area contributed by atoms with Crippen LogP contribution in [0.5, 0.6) is 0 Å². The van der Waals surface area contributed by atoms with Crippen LogP contribution < -0.4 is 0 Å². The molecule has 118 valence electrons. The highest BCUT2D eigenvalue weighted by atomic mass is 32.2. The molecule has 1 aliphatic rings. The van der Waals surface area contributed by atoms with Crippen LogP contribution in [0.15, 0.2) is 0 Å². The van der Waals surface area contributed by atoms with Crippen LogP contribution in [0.4, 0.5) is 0 Å². The molecular weight excluding hydrogens is 286 g/mol. The van der Waals surface area contributed by atoms with Crippen LogP contribution in [-0.4, -0.2) is 84.0 Å². The van der Waals surface area contributed by atoms with Gasteiger partial charge in [-0.15, -0.1) is 0 Å². The van der Waals surface area contributed by atoms with E-state index in [9.17, 15) is 13.2 Å². The molecule has 0 unspecified atom stereocenters. The van der Waals surface area contributed by atoms with E-state index in [1.807, 2.05) is 4.90 Å². The van der Waals surface area contributed by atoms with E-state index in [1.54, 1.807) is 7.11 Å². The third kappa shape index (κ3) is 7.78. The van der Waals surface area contributed by atoms with Gasteiger partial charge in [0.2, 0.25) is 0 Å². The number of carbonyl (C=O) groups is 1. The van der Waals surface area contributed by atoms with Crippen LogP contribution in [0.1, 0.15) is 6.42 Å². The number of rotatable bonds is 9. The molecular formula is C12H23NO6S. The highest BCUT2D eigenvalue weighted by Gasteiger charge is 2.21. The van der Waals surface area contributed by atoms with E-state index in [0.29, 0.717) is 39.5 Å². The summed E-state index contributed by atoms with van der Waals surface area (Å²) < 4.78 is 37.5. The fourth-order valence-electron chi connectivity index (χ4n) is 1.75. The lowest BCUT2D eigenvalue weighted by Gasteiger charge is -2.25. The summed E-state index contributed by atoms with van der Waals surface area (Å²) >= 11 is 0. The van der Waals surface area contributed by atoms with Crippen molar-refractivity contribution in [2.24, 2.45) is 0 Å². The second-order valence-corrected chi connectivity index (χ2v) is 6.87. The summed E-state index contributed by atoms with van der Waals surface area (Å²) in [5.41, 5.74) is 0. The molecule has 0 radical (unpaired) electrons. The lowest BCUT2D eigenvalue weighted by atomic mass is 10.3. The van der Waals surface area contributed by atoms with Crippen LogP contribution in [0.3, 0.4) is 0 Å². The van der Waals surface area contributed by atoms with Crippen molar-refractivity contribution in [3.05, 3.63) is 0 Å². The third-order valence-electron chi connectivity index (χ3n) is 2.99. The molecule has 0 atom stereocenters. The highest BCUT2D eigenvalue weighted by Crippen LogP contribution is 2.04. The minimum Gasteiger partial charge on any atom is -0.463 e. The van der Waals surface area contributed by atoms with Crippen molar-refractivity contribution in [2.75, 3.05) is 64.7 Å². The lowest BCUT2D eigenvalue weighted by molar-refractivity contribution is -0.145. The molecule has 0 saturated carbocycles. The van der Waals surface area contributed by atoms with Crippen LogP contribution in [0.25, 0.3) is 0 Å². The zero-order chi connectivity index (χ0) is 14.8. The molecule has 0 aromatic heterocycles. The zero-order valence-corrected chi connectivity index (χ0v) is 12.7. The Morgan fingerprint density at radius 1 is 1.10 bits per heavy atom. The molecule has 0 spiro atoms. The van der Waals surface area contributed by atoms with Gasteiger partial charge in [0.05, 0.1) is 37.7 Å². The number of hydrogen-bond donors (Lipinski definition) is 0. The van der Waals surface area contributed by atoms with Crippen molar-refractivity contribution in [1.29, 1.82) is 0 Å². The Bertz CT molecular complexity index is 369. The molecule has 0 N–H and O–H groups in total. The van der Waals surface area contributed by atoms with E-state index in [0.717, 1.165) is 0 Å². The van der Waals surface area contributed by atoms with Crippen molar-refractivity contribution in [2.45, 2.75) is 6.42 Å². The van der Waals surface area contributed by atoms with Crippen LogP contribution in [0.2, 0.25) is 0 Å². The normalized spacial score (nSPS) is 18.9. The largest absolute Gasteiger partial charge is 0.463 e. The molecule has 7 nitrogen and oxygen atoms in total. The minimum atomic E-state index is -2.86. The molecule has 8 heteroatoms. The fourth-order valence-corrected chi connectivity index (χ4v) is 3.03. The number of hydrogen-bond acceptors (Lipinski definition) is 7. The first-order chi connectivity index (χ1) is 9.53. The molecule has 0 aromatic carbocycles. The molecule has 20 heavy (non-hydrogen) atoms. The predicted octanol–water partition coefficient (Wildman–Crippen LogP) is -0.687. The molecule has 1 fully saturated rings. The van der Waals surface area contributed by atoms with Crippen LogP contribution in [0, 0.1) is 0 Å². The van der Waals surface area contributed by atoms with Gasteiger partial charge < -0.3 is 19.1 Å². The maximum absolute atomic E-state index is 11.5. The Morgan fingerprint density at radius 3 is 2.40 bits per heavy atom.